The minimum absolute atomic E-state index is 0.581. The quantitative estimate of drug-likeness (QED) is 0.677. The molecule has 0 aromatic rings. The van der Waals surface area contributed by atoms with E-state index in [9.17, 15) is 0 Å². The first-order valence-electron chi connectivity index (χ1n) is 4.99. The zero-order valence-corrected chi connectivity index (χ0v) is 9.06. The summed E-state index contributed by atoms with van der Waals surface area (Å²) in [6, 6.07) is 0. The van der Waals surface area contributed by atoms with E-state index in [-0.39, 0.29) is 0 Å². The first kappa shape index (κ1) is 10.4. The maximum absolute atomic E-state index is 4.50. The van der Waals surface area contributed by atoms with Gasteiger partial charge in [-0.1, -0.05) is 26.7 Å². The Hall–Kier alpha value is 0.270. The fourth-order valence-corrected chi connectivity index (χ4v) is 2.32. The molecule has 0 bridgehead atoms. The molecule has 1 unspecified atom stereocenters. The van der Waals surface area contributed by atoms with Crippen LogP contribution in [0.5, 0.6) is 0 Å². The van der Waals surface area contributed by atoms with Crippen LogP contribution in [0.1, 0.15) is 33.1 Å². The first-order chi connectivity index (χ1) is 5.79. The van der Waals surface area contributed by atoms with Gasteiger partial charge in [0.2, 0.25) is 0 Å². The zero-order chi connectivity index (χ0) is 8.97. The molecule has 0 radical (unpaired) electrons. The summed E-state index contributed by atoms with van der Waals surface area (Å²) in [5, 5.41) is 0. The third-order valence-electron chi connectivity index (χ3n) is 2.68. The minimum atomic E-state index is 0.581. The molecule has 1 atom stereocenters. The summed E-state index contributed by atoms with van der Waals surface area (Å²) in [6.45, 7) is 7.86. The lowest BCUT2D eigenvalue weighted by Gasteiger charge is -2.38. The van der Waals surface area contributed by atoms with Crippen molar-refractivity contribution in [1.29, 1.82) is 0 Å². The van der Waals surface area contributed by atoms with Crippen LogP contribution in [0.2, 0.25) is 0 Å². The number of hydrogen-bond acceptors (Lipinski definition) is 3. The van der Waals surface area contributed by atoms with E-state index in [1.807, 2.05) is 0 Å². The highest BCUT2D eigenvalue weighted by Gasteiger charge is 2.23. The summed E-state index contributed by atoms with van der Waals surface area (Å²) in [7, 11) is 0. The van der Waals surface area contributed by atoms with Crippen LogP contribution in [-0.4, -0.2) is 35.0 Å². The molecule has 72 valence electrons. The summed E-state index contributed by atoms with van der Waals surface area (Å²) < 4.78 is 2.19. The smallest absolute Gasteiger partial charge is 0.0718 e. The summed E-state index contributed by atoms with van der Waals surface area (Å²) >= 11 is 4.50. The van der Waals surface area contributed by atoms with Gasteiger partial charge in [0.1, 0.15) is 0 Å². The topological polar surface area (TPSA) is 6.48 Å². The van der Waals surface area contributed by atoms with Gasteiger partial charge < -0.3 is 0 Å². The normalized spacial score (nSPS) is 26.5. The van der Waals surface area contributed by atoms with Crippen molar-refractivity contribution in [1.82, 2.24) is 9.21 Å². The molecule has 1 fully saturated rings. The van der Waals surface area contributed by atoms with Crippen molar-refractivity contribution in [3.05, 3.63) is 0 Å². The van der Waals surface area contributed by atoms with Crippen LogP contribution in [0.25, 0.3) is 0 Å². The molecule has 3 heteroatoms. The average molecular weight is 188 g/mol. The molecular formula is C9H20N2S. The van der Waals surface area contributed by atoms with Gasteiger partial charge in [0, 0.05) is 6.54 Å². The standard InChI is InChI=1S/C9H20N2S/c1-3-10(4-2)9-7-5-6-8-11(9)12/h9,12H,3-8H2,1-2H3. The highest BCUT2D eigenvalue weighted by atomic mass is 32.1. The second-order valence-electron chi connectivity index (χ2n) is 3.36. The van der Waals surface area contributed by atoms with E-state index in [2.05, 4.69) is 35.9 Å². The zero-order valence-electron chi connectivity index (χ0n) is 8.16. The predicted octanol–water partition coefficient (Wildman–Crippen LogP) is 1.98. The van der Waals surface area contributed by atoms with Gasteiger partial charge in [-0.15, -0.1) is 0 Å². The van der Waals surface area contributed by atoms with E-state index in [1.165, 1.54) is 19.3 Å². The molecule has 0 spiro atoms. The van der Waals surface area contributed by atoms with Crippen LogP contribution in [0.15, 0.2) is 0 Å². The highest BCUT2D eigenvalue weighted by molar-refractivity contribution is 7.77. The van der Waals surface area contributed by atoms with Crippen LogP contribution in [0.3, 0.4) is 0 Å². The van der Waals surface area contributed by atoms with E-state index in [0.717, 1.165) is 19.6 Å². The van der Waals surface area contributed by atoms with E-state index in [0.29, 0.717) is 6.17 Å². The minimum Gasteiger partial charge on any atom is -0.288 e. The largest absolute Gasteiger partial charge is 0.288 e. The van der Waals surface area contributed by atoms with E-state index in [4.69, 9.17) is 0 Å². The van der Waals surface area contributed by atoms with Crippen molar-refractivity contribution >= 4 is 12.8 Å². The Balaban J connectivity index is 2.45. The molecule has 1 rings (SSSR count). The van der Waals surface area contributed by atoms with E-state index in [1.54, 1.807) is 0 Å². The molecular weight excluding hydrogens is 168 g/mol. The van der Waals surface area contributed by atoms with Crippen LogP contribution in [0, 0.1) is 0 Å². The van der Waals surface area contributed by atoms with Crippen LogP contribution < -0.4 is 0 Å². The molecule has 12 heavy (non-hydrogen) atoms. The lowest BCUT2D eigenvalue weighted by molar-refractivity contribution is 0.0887. The van der Waals surface area contributed by atoms with Gasteiger partial charge in [0.25, 0.3) is 0 Å². The Morgan fingerprint density at radius 2 is 2.00 bits per heavy atom. The number of rotatable bonds is 3. The average Bonchev–Trinajstić information content (AvgIpc) is 2.10. The maximum atomic E-state index is 4.50. The summed E-state index contributed by atoms with van der Waals surface area (Å²) in [5.41, 5.74) is 0. The lowest BCUT2D eigenvalue weighted by atomic mass is 10.1. The Bertz CT molecular complexity index is 126. The number of thiol groups is 1. The molecule has 0 amide bonds. The third kappa shape index (κ3) is 2.38. The van der Waals surface area contributed by atoms with E-state index >= 15 is 0 Å². The van der Waals surface area contributed by atoms with Gasteiger partial charge in [-0.3, -0.25) is 4.90 Å². The predicted molar refractivity (Wildman–Crippen MR) is 56.3 cm³/mol. The molecule has 0 N–H and O–H groups in total. The van der Waals surface area contributed by atoms with Crippen LogP contribution in [0.4, 0.5) is 0 Å². The van der Waals surface area contributed by atoms with Crippen molar-refractivity contribution < 1.29 is 0 Å². The lowest BCUT2D eigenvalue weighted by Crippen LogP contribution is -2.46. The summed E-state index contributed by atoms with van der Waals surface area (Å²) in [4.78, 5) is 2.48. The van der Waals surface area contributed by atoms with Gasteiger partial charge in [-0.05, 0) is 32.4 Å². The second-order valence-corrected chi connectivity index (χ2v) is 3.87. The fraction of sp³-hybridized carbons (Fsp3) is 1.00. The molecule has 0 aromatic heterocycles. The second kappa shape index (κ2) is 5.10. The molecule has 2 nitrogen and oxygen atoms in total. The molecule has 0 saturated carbocycles. The van der Waals surface area contributed by atoms with E-state index < -0.39 is 0 Å². The Kier molecular flexibility index (Phi) is 4.40. The van der Waals surface area contributed by atoms with Crippen molar-refractivity contribution in [2.45, 2.75) is 39.3 Å². The molecule has 0 aliphatic carbocycles. The molecule has 1 aliphatic rings. The summed E-state index contributed by atoms with van der Waals surface area (Å²) in [6.07, 6.45) is 4.53. The number of hydrogen-bond donors (Lipinski definition) is 1. The fourth-order valence-electron chi connectivity index (χ4n) is 1.91. The Labute approximate surface area is 81.5 Å². The molecule has 1 aliphatic heterocycles. The molecule has 1 heterocycles. The van der Waals surface area contributed by atoms with Gasteiger partial charge in [0.05, 0.1) is 6.17 Å². The SMILES string of the molecule is CCN(CC)C1CCCCN1S. The Morgan fingerprint density at radius 3 is 2.50 bits per heavy atom. The van der Waals surface area contributed by atoms with Crippen LogP contribution >= 0.6 is 12.8 Å². The third-order valence-corrected chi connectivity index (χ3v) is 3.14. The van der Waals surface area contributed by atoms with Crippen molar-refractivity contribution in [2.75, 3.05) is 19.6 Å². The number of piperidine rings is 1. The molecule has 0 aromatic carbocycles. The van der Waals surface area contributed by atoms with Crippen molar-refractivity contribution in [2.24, 2.45) is 0 Å². The Morgan fingerprint density at radius 1 is 1.33 bits per heavy atom. The number of nitrogens with zero attached hydrogens (tertiary/aromatic N) is 2. The maximum Gasteiger partial charge on any atom is 0.0718 e. The van der Waals surface area contributed by atoms with Gasteiger partial charge in [-0.25, -0.2) is 4.31 Å². The van der Waals surface area contributed by atoms with Gasteiger partial charge in [-0.2, -0.15) is 0 Å². The van der Waals surface area contributed by atoms with Crippen LogP contribution in [-0.2, 0) is 0 Å². The first-order valence-corrected chi connectivity index (χ1v) is 5.39. The monoisotopic (exact) mass is 188 g/mol. The van der Waals surface area contributed by atoms with Crippen molar-refractivity contribution in [3.63, 3.8) is 0 Å². The van der Waals surface area contributed by atoms with Crippen molar-refractivity contribution in [3.8, 4) is 0 Å². The highest BCUT2D eigenvalue weighted by Crippen LogP contribution is 2.21. The molecule has 1 saturated heterocycles. The van der Waals surface area contributed by atoms with Gasteiger partial charge in [0.15, 0.2) is 0 Å². The van der Waals surface area contributed by atoms with Gasteiger partial charge >= 0.3 is 0 Å². The summed E-state index contributed by atoms with van der Waals surface area (Å²) in [5.74, 6) is 0.